The van der Waals surface area contributed by atoms with Crippen LogP contribution in [0.5, 0.6) is 5.75 Å². The largest absolute Gasteiger partial charge is 0.508 e. The fraction of sp³-hybridized carbons (Fsp3) is 0.235. The summed E-state index contributed by atoms with van der Waals surface area (Å²) in [4.78, 5) is 17.2. The summed E-state index contributed by atoms with van der Waals surface area (Å²) in [5.41, 5.74) is 2.58. The Morgan fingerprint density at radius 2 is 2.12 bits per heavy atom. The van der Waals surface area contributed by atoms with E-state index in [1.807, 2.05) is 0 Å². The lowest BCUT2D eigenvalue weighted by molar-refractivity contribution is 0.0941. The van der Waals surface area contributed by atoms with Crippen molar-refractivity contribution in [1.29, 1.82) is 0 Å². The van der Waals surface area contributed by atoms with Crippen molar-refractivity contribution < 1.29 is 9.90 Å². The zero-order chi connectivity index (χ0) is 16.5. The summed E-state index contributed by atoms with van der Waals surface area (Å²) in [6, 6.07) is 8.63. The average Bonchev–Trinajstić information content (AvgIpc) is 3.25. The summed E-state index contributed by atoms with van der Waals surface area (Å²) >= 11 is 0. The number of aromatic nitrogens is 3. The molecule has 1 saturated heterocycles. The number of phenolic OH excluding ortho intramolecular Hbond substituents is 1. The van der Waals surface area contributed by atoms with E-state index < -0.39 is 0 Å². The molecule has 1 aliphatic heterocycles. The zero-order valence-corrected chi connectivity index (χ0v) is 12.9. The quantitative estimate of drug-likeness (QED) is 0.584. The maximum atomic E-state index is 12.7. The molecular formula is C17H17N5O2. The lowest BCUT2D eigenvalue weighted by Crippen LogP contribution is -2.36. The summed E-state index contributed by atoms with van der Waals surface area (Å²) in [7, 11) is 0. The Balaban J connectivity index is 1.74. The highest BCUT2D eigenvalue weighted by molar-refractivity contribution is 6.06. The van der Waals surface area contributed by atoms with Gasteiger partial charge in [0.05, 0.1) is 22.8 Å². The summed E-state index contributed by atoms with van der Waals surface area (Å²) in [5.74, 6) is 0.0607. The fourth-order valence-corrected chi connectivity index (χ4v) is 2.94. The molecule has 3 aromatic rings. The fourth-order valence-electron chi connectivity index (χ4n) is 2.94. The molecule has 7 nitrogen and oxygen atoms in total. The normalized spacial score (nSPS) is 17.2. The third-order valence-electron chi connectivity index (χ3n) is 4.23. The molecule has 1 aliphatic rings. The second-order valence-corrected chi connectivity index (χ2v) is 5.90. The molecule has 1 amide bonds. The predicted octanol–water partition coefficient (Wildman–Crippen LogP) is 1.42. The van der Waals surface area contributed by atoms with E-state index in [0.717, 1.165) is 25.1 Å². The van der Waals surface area contributed by atoms with Gasteiger partial charge in [-0.3, -0.25) is 9.89 Å². The zero-order valence-electron chi connectivity index (χ0n) is 12.9. The maximum Gasteiger partial charge on any atom is 0.252 e. The Morgan fingerprint density at radius 1 is 1.29 bits per heavy atom. The second kappa shape index (κ2) is 5.93. The summed E-state index contributed by atoms with van der Waals surface area (Å²) in [6.07, 6.45) is 2.54. The number of H-pyrrole nitrogens is 1. The van der Waals surface area contributed by atoms with Crippen molar-refractivity contribution in [3.05, 3.63) is 42.1 Å². The van der Waals surface area contributed by atoms with Crippen molar-refractivity contribution in [2.75, 3.05) is 13.1 Å². The molecule has 2 aromatic heterocycles. The molecule has 122 valence electrons. The minimum atomic E-state index is -0.127. The number of aromatic hydroxyl groups is 1. The number of amides is 1. The Labute approximate surface area is 138 Å². The number of nitrogens with zero attached hydrogens (tertiary/aromatic N) is 2. The van der Waals surface area contributed by atoms with Crippen molar-refractivity contribution in [3.63, 3.8) is 0 Å². The van der Waals surface area contributed by atoms with Gasteiger partial charge in [0.2, 0.25) is 0 Å². The van der Waals surface area contributed by atoms with E-state index in [9.17, 15) is 9.90 Å². The van der Waals surface area contributed by atoms with Crippen LogP contribution in [0, 0.1) is 0 Å². The molecule has 1 aromatic carbocycles. The van der Waals surface area contributed by atoms with Crippen LogP contribution in [0.3, 0.4) is 0 Å². The number of fused-ring (bicyclic) bond motifs is 1. The van der Waals surface area contributed by atoms with Gasteiger partial charge < -0.3 is 15.7 Å². The Morgan fingerprint density at radius 3 is 2.88 bits per heavy atom. The van der Waals surface area contributed by atoms with Gasteiger partial charge in [0.25, 0.3) is 5.91 Å². The molecule has 0 aliphatic carbocycles. The first kappa shape index (κ1) is 14.6. The molecule has 4 rings (SSSR count). The van der Waals surface area contributed by atoms with Crippen LogP contribution in [0.4, 0.5) is 0 Å². The molecule has 0 saturated carbocycles. The van der Waals surface area contributed by atoms with E-state index in [1.54, 1.807) is 36.5 Å². The second-order valence-electron chi connectivity index (χ2n) is 5.90. The topological polar surface area (TPSA) is 103 Å². The molecule has 4 N–H and O–H groups in total. The van der Waals surface area contributed by atoms with Crippen LogP contribution in [0.1, 0.15) is 16.8 Å². The lowest BCUT2D eigenvalue weighted by atomic mass is 10.1. The van der Waals surface area contributed by atoms with Crippen molar-refractivity contribution in [2.45, 2.75) is 12.5 Å². The summed E-state index contributed by atoms with van der Waals surface area (Å²) in [6.45, 7) is 1.71. The molecule has 1 unspecified atom stereocenters. The summed E-state index contributed by atoms with van der Waals surface area (Å²) < 4.78 is 0. The van der Waals surface area contributed by atoms with Crippen LogP contribution >= 0.6 is 0 Å². The number of nitrogens with one attached hydrogen (secondary N) is 3. The van der Waals surface area contributed by atoms with Gasteiger partial charge in [0, 0.05) is 18.2 Å². The van der Waals surface area contributed by atoms with Gasteiger partial charge in [-0.25, -0.2) is 4.98 Å². The number of hydrogen-bond acceptors (Lipinski definition) is 5. The number of carbonyl (C=O) groups excluding carboxylic acids is 1. The Kier molecular flexibility index (Phi) is 3.62. The van der Waals surface area contributed by atoms with E-state index in [-0.39, 0.29) is 17.7 Å². The first-order valence-corrected chi connectivity index (χ1v) is 7.86. The van der Waals surface area contributed by atoms with Crippen LogP contribution in [0.15, 0.2) is 36.5 Å². The number of hydrogen-bond donors (Lipinski definition) is 4. The first-order chi connectivity index (χ1) is 11.7. The van der Waals surface area contributed by atoms with Gasteiger partial charge in [-0.15, -0.1) is 0 Å². The molecule has 7 heteroatoms. The van der Waals surface area contributed by atoms with E-state index in [0.29, 0.717) is 22.3 Å². The van der Waals surface area contributed by atoms with E-state index in [4.69, 9.17) is 0 Å². The third-order valence-corrected chi connectivity index (χ3v) is 4.23. The molecule has 24 heavy (non-hydrogen) atoms. The SMILES string of the molecule is O=C(NC1CCNC1)c1cc(-c2ccc(O)cc2)nc2[nH]ncc12. The number of carbonyl (C=O) groups is 1. The minimum Gasteiger partial charge on any atom is -0.508 e. The smallest absolute Gasteiger partial charge is 0.252 e. The monoisotopic (exact) mass is 323 g/mol. The Bertz CT molecular complexity index is 882. The van der Waals surface area contributed by atoms with Gasteiger partial charge in [0.1, 0.15) is 5.75 Å². The summed E-state index contributed by atoms with van der Waals surface area (Å²) in [5, 5.41) is 23.3. The van der Waals surface area contributed by atoms with Crippen LogP contribution < -0.4 is 10.6 Å². The number of aromatic amines is 1. The van der Waals surface area contributed by atoms with E-state index in [2.05, 4.69) is 25.8 Å². The van der Waals surface area contributed by atoms with Gasteiger partial charge >= 0.3 is 0 Å². The highest BCUT2D eigenvalue weighted by Gasteiger charge is 2.20. The molecule has 0 spiro atoms. The first-order valence-electron chi connectivity index (χ1n) is 7.86. The van der Waals surface area contributed by atoms with E-state index >= 15 is 0 Å². The standard InChI is InChI=1S/C17H17N5O2/c23-12-3-1-10(2-4-12)15-7-13(14-9-19-22-16(14)21-15)17(24)20-11-5-6-18-8-11/h1-4,7,9,11,18,23H,5-6,8H2,(H,20,24)(H,19,21,22). The van der Waals surface area contributed by atoms with Gasteiger partial charge in [-0.2, -0.15) is 5.10 Å². The van der Waals surface area contributed by atoms with Gasteiger partial charge in [0.15, 0.2) is 5.65 Å². The minimum absolute atomic E-state index is 0.127. The molecule has 0 bridgehead atoms. The van der Waals surface area contributed by atoms with Gasteiger partial charge in [-0.1, -0.05) is 0 Å². The van der Waals surface area contributed by atoms with Crippen LogP contribution in [-0.4, -0.2) is 45.3 Å². The van der Waals surface area contributed by atoms with Crippen molar-refractivity contribution in [2.24, 2.45) is 0 Å². The average molecular weight is 323 g/mol. The van der Waals surface area contributed by atoms with Crippen LogP contribution in [0.2, 0.25) is 0 Å². The number of benzene rings is 1. The number of rotatable bonds is 3. The van der Waals surface area contributed by atoms with Crippen LogP contribution in [0.25, 0.3) is 22.3 Å². The molecular weight excluding hydrogens is 306 g/mol. The van der Waals surface area contributed by atoms with Crippen molar-refractivity contribution in [1.82, 2.24) is 25.8 Å². The third kappa shape index (κ3) is 2.69. The van der Waals surface area contributed by atoms with Gasteiger partial charge in [-0.05, 0) is 43.3 Å². The predicted molar refractivity (Wildman–Crippen MR) is 89.7 cm³/mol. The van der Waals surface area contributed by atoms with E-state index in [1.165, 1.54) is 0 Å². The number of pyridine rings is 1. The van der Waals surface area contributed by atoms with Crippen molar-refractivity contribution in [3.8, 4) is 17.0 Å². The van der Waals surface area contributed by atoms with Crippen LogP contribution in [-0.2, 0) is 0 Å². The Hall–Kier alpha value is -2.93. The highest BCUT2D eigenvalue weighted by atomic mass is 16.3. The molecule has 1 fully saturated rings. The maximum absolute atomic E-state index is 12.7. The number of phenols is 1. The highest BCUT2D eigenvalue weighted by Crippen LogP contribution is 2.25. The van der Waals surface area contributed by atoms with Crippen molar-refractivity contribution >= 4 is 16.9 Å². The molecule has 1 atom stereocenters. The molecule has 3 heterocycles. The lowest BCUT2D eigenvalue weighted by Gasteiger charge is -2.12. The molecule has 0 radical (unpaired) electrons.